The van der Waals surface area contributed by atoms with Gasteiger partial charge in [-0.1, -0.05) is 13.3 Å². The lowest BCUT2D eigenvalue weighted by Crippen LogP contribution is -2.49. The molecule has 0 rings (SSSR count). The first kappa shape index (κ1) is 16.5. The van der Waals surface area contributed by atoms with E-state index in [0.717, 1.165) is 12.8 Å². The summed E-state index contributed by atoms with van der Waals surface area (Å²) in [6, 6.07) is 0. The van der Waals surface area contributed by atoms with Crippen molar-refractivity contribution < 1.29 is 27.2 Å². The van der Waals surface area contributed by atoms with Crippen LogP contribution < -0.4 is 0 Å². The standard InChI is InChI=1S/C10H22O6Si/c1-6-7-8-15-9(2)10(11)16-17(12-3,13-4)14-5/h9H,6-8H2,1-5H3. The summed E-state index contributed by atoms with van der Waals surface area (Å²) >= 11 is 0. The summed E-state index contributed by atoms with van der Waals surface area (Å²) in [5, 5.41) is 0. The van der Waals surface area contributed by atoms with Crippen molar-refractivity contribution in [2.45, 2.75) is 32.8 Å². The average Bonchev–Trinajstić information content (AvgIpc) is 2.36. The molecular weight excluding hydrogens is 244 g/mol. The fourth-order valence-electron chi connectivity index (χ4n) is 1.05. The molecule has 0 aromatic carbocycles. The molecular formula is C10H22O6Si. The smallest absolute Gasteiger partial charge is 0.450 e. The Labute approximate surface area is 104 Å². The summed E-state index contributed by atoms with van der Waals surface area (Å²) in [7, 11) is 0.790. The molecule has 17 heavy (non-hydrogen) atoms. The second kappa shape index (κ2) is 8.59. The zero-order valence-electron chi connectivity index (χ0n) is 11.1. The lowest BCUT2D eigenvalue weighted by molar-refractivity contribution is -0.154. The lowest BCUT2D eigenvalue weighted by atomic mass is 10.3. The fraction of sp³-hybridized carbons (Fsp3) is 0.900. The monoisotopic (exact) mass is 266 g/mol. The molecule has 0 aromatic heterocycles. The third-order valence-electron chi connectivity index (χ3n) is 2.17. The zero-order valence-corrected chi connectivity index (χ0v) is 12.1. The second-order valence-corrected chi connectivity index (χ2v) is 5.83. The minimum absolute atomic E-state index is 0.522. The molecule has 0 heterocycles. The zero-order chi connectivity index (χ0) is 13.3. The third kappa shape index (κ3) is 5.60. The molecule has 6 nitrogen and oxygen atoms in total. The van der Waals surface area contributed by atoms with Crippen LogP contribution >= 0.6 is 0 Å². The van der Waals surface area contributed by atoms with Crippen LogP contribution in [-0.2, 0) is 27.2 Å². The molecule has 0 aromatic rings. The first-order valence-corrected chi connectivity index (χ1v) is 7.18. The summed E-state index contributed by atoms with van der Waals surface area (Å²) in [5.41, 5.74) is 0. The van der Waals surface area contributed by atoms with Crippen LogP contribution in [0.1, 0.15) is 26.7 Å². The van der Waals surface area contributed by atoms with E-state index in [1.165, 1.54) is 21.3 Å². The molecule has 1 unspecified atom stereocenters. The van der Waals surface area contributed by atoms with Crippen molar-refractivity contribution in [1.82, 2.24) is 0 Å². The molecule has 0 aliphatic heterocycles. The molecule has 0 bridgehead atoms. The van der Waals surface area contributed by atoms with Gasteiger partial charge in [-0.05, 0) is 13.3 Å². The van der Waals surface area contributed by atoms with E-state index in [1.54, 1.807) is 6.92 Å². The van der Waals surface area contributed by atoms with Crippen LogP contribution in [0.4, 0.5) is 0 Å². The van der Waals surface area contributed by atoms with E-state index < -0.39 is 21.1 Å². The molecule has 0 aliphatic rings. The Hall–Kier alpha value is -0.473. The number of ether oxygens (including phenoxy) is 1. The maximum Gasteiger partial charge on any atom is 0.750 e. The minimum atomic E-state index is -3.32. The molecule has 0 N–H and O–H groups in total. The summed E-state index contributed by atoms with van der Waals surface area (Å²) in [4.78, 5) is 11.7. The molecule has 1 atom stereocenters. The Kier molecular flexibility index (Phi) is 8.35. The predicted octanol–water partition coefficient (Wildman–Crippen LogP) is 1.11. The van der Waals surface area contributed by atoms with Crippen molar-refractivity contribution in [3.05, 3.63) is 0 Å². The number of rotatable bonds is 9. The van der Waals surface area contributed by atoms with Gasteiger partial charge in [-0.3, -0.25) is 4.79 Å². The normalized spacial score (nSPS) is 13.5. The van der Waals surface area contributed by atoms with Gasteiger partial charge >= 0.3 is 15.0 Å². The fourth-order valence-corrected chi connectivity index (χ4v) is 2.22. The summed E-state index contributed by atoms with van der Waals surface area (Å²) in [6.07, 6.45) is 1.25. The van der Waals surface area contributed by atoms with Gasteiger partial charge in [0.1, 0.15) is 0 Å². The first-order valence-electron chi connectivity index (χ1n) is 5.55. The molecule has 0 fully saturated rings. The second-order valence-electron chi connectivity index (χ2n) is 3.40. The summed E-state index contributed by atoms with van der Waals surface area (Å²) < 4.78 is 25.3. The van der Waals surface area contributed by atoms with Crippen molar-refractivity contribution in [1.29, 1.82) is 0 Å². The van der Waals surface area contributed by atoms with Crippen LogP contribution in [0, 0.1) is 0 Å². The van der Waals surface area contributed by atoms with Gasteiger partial charge in [0.25, 0.3) is 0 Å². The van der Waals surface area contributed by atoms with Crippen LogP contribution in [0.2, 0.25) is 0 Å². The van der Waals surface area contributed by atoms with Gasteiger partial charge < -0.3 is 22.4 Å². The molecule has 102 valence electrons. The van der Waals surface area contributed by atoms with Crippen molar-refractivity contribution in [3.63, 3.8) is 0 Å². The molecule has 0 saturated heterocycles. The third-order valence-corrected chi connectivity index (χ3v) is 4.12. The lowest BCUT2D eigenvalue weighted by Gasteiger charge is -2.23. The Bertz CT molecular complexity index is 211. The van der Waals surface area contributed by atoms with E-state index in [9.17, 15) is 4.79 Å². The molecule has 7 heteroatoms. The number of unbranched alkanes of at least 4 members (excludes halogenated alkanes) is 1. The molecule has 0 spiro atoms. The van der Waals surface area contributed by atoms with Gasteiger partial charge in [-0.25, -0.2) is 0 Å². The topological polar surface area (TPSA) is 63.2 Å². The van der Waals surface area contributed by atoms with Gasteiger partial charge in [-0.2, -0.15) is 0 Å². The predicted molar refractivity (Wildman–Crippen MR) is 63.2 cm³/mol. The van der Waals surface area contributed by atoms with Gasteiger partial charge in [0, 0.05) is 27.9 Å². The summed E-state index contributed by atoms with van der Waals surface area (Å²) in [6.45, 7) is 4.19. The van der Waals surface area contributed by atoms with Crippen LogP contribution in [0.25, 0.3) is 0 Å². The van der Waals surface area contributed by atoms with Crippen molar-refractivity contribution in [2.24, 2.45) is 0 Å². The van der Waals surface area contributed by atoms with E-state index in [2.05, 4.69) is 0 Å². The quantitative estimate of drug-likeness (QED) is 0.460. The first-order chi connectivity index (χ1) is 8.05. The highest BCUT2D eigenvalue weighted by Crippen LogP contribution is 2.10. The molecule has 0 saturated carbocycles. The van der Waals surface area contributed by atoms with E-state index in [-0.39, 0.29) is 0 Å². The molecule has 0 aliphatic carbocycles. The van der Waals surface area contributed by atoms with Crippen LogP contribution in [0.15, 0.2) is 0 Å². The number of carbonyl (C=O) groups excluding carboxylic acids is 1. The Morgan fingerprint density at radius 1 is 1.18 bits per heavy atom. The Morgan fingerprint density at radius 2 is 1.71 bits per heavy atom. The van der Waals surface area contributed by atoms with Gasteiger partial charge in [0.05, 0.1) is 0 Å². The van der Waals surface area contributed by atoms with Gasteiger partial charge in [0.15, 0.2) is 6.10 Å². The number of hydrogen-bond donors (Lipinski definition) is 0. The van der Waals surface area contributed by atoms with E-state index in [4.69, 9.17) is 22.4 Å². The van der Waals surface area contributed by atoms with Crippen LogP contribution in [0.3, 0.4) is 0 Å². The largest absolute Gasteiger partial charge is 0.750 e. The minimum Gasteiger partial charge on any atom is -0.450 e. The highest BCUT2D eigenvalue weighted by atomic mass is 28.4. The highest BCUT2D eigenvalue weighted by molar-refractivity contribution is 6.55. The SMILES string of the molecule is CCCCOC(C)C(=O)O[Si](OC)(OC)OC. The van der Waals surface area contributed by atoms with Gasteiger partial charge in [0.2, 0.25) is 0 Å². The Balaban J connectivity index is 4.21. The highest BCUT2D eigenvalue weighted by Gasteiger charge is 2.47. The maximum absolute atomic E-state index is 11.7. The van der Waals surface area contributed by atoms with E-state index in [0.29, 0.717) is 6.61 Å². The maximum atomic E-state index is 11.7. The number of hydrogen-bond acceptors (Lipinski definition) is 6. The van der Waals surface area contributed by atoms with Crippen molar-refractivity contribution >= 4 is 15.0 Å². The van der Waals surface area contributed by atoms with Crippen molar-refractivity contribution in [2.75, 3.05) is 27.9 Å². The average molecular weight is 266 g/mol. The summed E-state index contributed by atoms with van der Waals surface area (Å²) in [5.74, 6) is -0.543. The van der Waals surface area contributed by atoms with E-state index >= 15 is 0 Å². The van der Waals surface area contributed by atoms with Crippen LogP contribution in [-0.4, -0.2) is 49.1 Å². The molecule has 0 radical (unpaired) electrons. The van der Waals surface area contributed by atoms with Crippen LogP contribution in [0.5, 0.6) is 0 Å². The Morgan fingerprint density at radius 3 is 2.12 bits per heavy atom. The van der Waals surface area contributed by atoms with E-state index in [1.807, 2.05) is 6.92 Å². The van der Waals surface area contributed by atoms with Gasteiger partial charge in [-0.15, -0.1) is 0 Å². The number of carbonyl (C=O) groups is 1. The molecule has 0 amide bonds. The van der Waals surface area contributed by atoms with Crippen molar-refractivity contribution in [3.8, 4) is 0 Å².